The van der Waals surface area contributed by atoms with Gasteiger partial charge in [0.15, 0.2) is 0 Å². The Hall–Kier alpha value is -7.24. The van der Waals surface area contributed by atoms with Crippen molar-refractivity contribution >= 4 is 100 Å². The predicted molar refractivity (Wildman–Crippen MR) is 306 cm³/mol. The zero-order valence-corrected chi connectivity index (χ0v) is 43.5. The second-order valence-corrected chi connectivity index (χ2v) is 24.6. The predicted octanol–water partition coefficient (Wildman–Crippen LogP) is 16.0. The van der Waals surface area contributed by atoms with Crippen molar-refractivity contribution in [2.45, 2.75) is 105 Å². The monoisotopic (exact) mass is 923 g/mol. The van der Waals surface area contributed by atoms with Crippen LogP contribution in [-0.2, 0) is 21.7 Å². The Morgan fingerprint density at radius 2 is 0.732 bits per heavy atom. The van der Waals surface area contributed by atoms with E-state index >= 15 is 0 Å². The summed E-state index contributed by atoms with van der Waals surface area (Å²) in [5.74, 6) is 0. The zero-order chi connectivity index (χ0) is 49.5. The number of fused-ring (bicyclic) bond motifs is 8. The van der Waals surface area contributed by atoms with Crippen molar-refractivity contribution in [3.05, 3.63) is 186 Å². The highest BCUT2D eigenvalue weighted by molar-refractivity contribution is 7.00. The smallest absolute Gasteiger partial charge is 0.252 e. The van der Waals surface area contributed by atoms with Gasteiger partial charge in [0, 0.05) is 45.9 Å². The number of hydrogen-bond donors (Lipinski definition) is 0. The molecule has 0 unspecified atom stereocenters. The minimum atomic E-state index is -0.0931. The average molecular weight is 923 g/mol. The van der Waals surface area contributed by atoms with Gasteiger partial charge in [-0.25, -0.2) is 9.97 Å². The van der Waals surface area contributed by atoms with Crippen LogP contribution in [0.3, 0.4) is 0 Å². The SMILES string of the molecule is CC(C)(C)c1cc(N2c3cc4cc5ccccc5cc4cc3B3c4cc5cc6ccccc6cc5cc4N(c4cc(C(C)(C)C)cc(C(C)(C)C)c4)c4cc(-c5ccncn5)cc2c43)cc(C(C)(C)C)c1. The molecule has 12 rings (SSSR count). The maximum absolute atomic E-state index is 4.97. The Labute approximate surface area is 420 Å². The molecule has 0 atom stereocenters. The van der Waals surface area contributed by atoms with E-state index in [1.807, 2.05) is 6.20 Å². The molecule has 2 aliphatic heterocycles. The van der Waals surface area contributed by atoms with Crippen LogP contribution in [0, 0.1) is 0 Å². The number of nitrogens with zero attached hydrogens (tertiary/aromatic N) is 4. The van der Waals surface area contributed by atoms with E-state index < -0.39 is 0 Å². The van der Waals surface area contributed by atoms with Crippen LogP contribution >= 0.6 is 0 Å². The van der Waals surface area contributed by atoms with Crippen molar-refractivity contribution in [2.24, 2.45) is 0 Å². The molecular formula is C66H63BN4. The third-order valence-corrected chi connectivity index (χ3v) is 15.4. The first-order valence-electron chi connectivity index (χ1n) is 25.5. The van der Waals surface area contributed by atoms with Crippen molar-refractivity contribution in [2.75, 3.05) is 9.80 Å². The second kappa shape index (κ2) is 15.6. The third-order valence-electron chi connectivity index (χ3n) is 15.4. The van der Waals surface area contributed by atoms with E-state index in [0.717, 1.165) is 34.0 Å². The molecule has 2 aliphatic rings. The summed E-state index contributed by atoms with van der Waals surface area (Å²) < 4.78 is 0. The molecule has 0 fully saturated rings. The number of aromatic nitrogens is 2. The van der Waals surface area contributed by atoms with E-state index in [-0.39, 0.29) is 28.4 Å². The van der Waals surface area contributed by atoms with Crippen LogP contribution in [0.1, 0.15) is 105 Å². The van der Waals surface area contributed by atoms with Gasteiger partial charge in [-0.3, -0.25) is 0 Å². The van der Waals surface area contributed by atoms with Crippen LogP contribution in [-0.4, -0.2) is 16.7 Å². The lowest BCUT2D eigenvalue weighted by molar-refractivity contribution is 0.568. The van der Waals surface area contributed by atoms with Gasteiger partial charge in [0.1, 0.15) is 6.33 Å². The molecule has 0 aliphatic carbocycles. The minimum absolute atomic E-state index is 0.0918. The molecule has 10 aromatic rings. The molecule has 0 N–H and O–H groups in total. The van der Waals surface area contributed by atoms with E-state index in [0.29, 0.717) is 0 Å². The Kier molecular flexibility index (Phi) is 9.89. The quantitative estimate of drug-likeness (QED) is 0.131. The molecule has 0 bridgehead atoms. The van der Waals surface area contributed by atoms with Crippen LogP contribution in [0.25, 0.3) is 54.3 Å². The van der Waals surface area contributed by atoms with Gasteiger partial charge in [-0.1, -0.05) is 156 Å². The molecule has 71 heavy (non-hydrogen) atoms. The van der Waals surface area contributed by atoms with Gasteiger partial charge < -0.3 is 9.80 Å². The molecule has 0 amide bonds. The second-order valence-electron chi connectivity index (χ2n) is 24.6. The van der Waals surface area contributed by atoms with E-state index in [1.165, 1.54) is 93.1 Å². The first kappa shape index (κ1) is 44.9. The van der Waals surface area contributed by atoms with Crippen molar-refractivity contribution < 1.29 is 0 Å². The highest BCUT2D eigenvalue weighted by Crippen LogP contribution is 2.49. The van der Waals surface area contributed by atoms with Gasteiger partial charge in [-0.2, -0.15) is 0 Å². The van der Waals surface area contributed by atoms with Gasteiger partial charge in [-0.15, -0.1) is 0 Å². The Balaban J connectivity index is 1.27. The van der Waals surface area contributed by atoms with Crippen molar-refractivity contribution in [1.82, 2.24) is 9.97 Å². The van der Waals surface area contributed by atoms with Gasteiger partial charge in [0.2, 0.25) is 0 Å². The van der Waals surface area contributed by atoms with Gasteiger partial charge in [0.25, 0.3) is 6.71 Å². The molecule has 0 spiro atoms. The number of rotatable bonds is 3. The summed E-state index contributed by atoms with van der Waals surface area (Å²) in [7, 11) is 0. The maximum atomic E-state index is 4.97. The fourth-order valence-electron chi connectivity index (χ4n) is 11.3. The van der Waals surface area contributed by atoms with Crippen LogP contribution in [0.4, 0.5) is 34.1 Å². The number of hydrogen-bond acceptors (Lipinski definition) is 4. The summed E-state index contributed by atoms with van der Waals surface area (Å²) in [5, 5.41) is 9.91. The summed E-state index contributed by atoms with van der Waals surface area (Å²) in [5.41, 5.74) is 17.8. The number of anilines is 6. The summed E-state index contributed by atoms with van der Waals surface area (Å²) in [6, 6.07) is 58.8. The lowest BCUT2D eigenvalue weighted by Crippen LogP contribution is -2.61. The normalized spacial score (nSPS) is 13.8. The van der Waals surface area contributed by atoms with E-state index in [1.54, 1.807) is 6.33 Å². The molecule has 5 heteroatoms. The Morgan fingerprint density at radius 1 is 0.366 bits per heavy atom. The highest BCUT2D eigenvalue weighted by Gasteiger charge is 2.45. The Morgan fingerprint density at radius 3 is 1.07 bits per heavy atom. The van der Waals surface area contributed by atoms with Crippen molar-refractivity contribution in [3.8, 4) is 11.3 Å². The van der Waals surface area contributed by atoms with Crippen LogP contribution in [0.15, 0.2) is 164 Å². The molecule has 350 valence electrons. The molecular weight excluding hydrogens is 860 g/mol. The Bertz CT molecular complexity index is 3530. The van der Waals surface area contributed by atoms with Crippen molar-refractivity contribution in [3.63, 3.8) is 0 Å². The van der Waals surface area contributed by atoms with Crippen LogP contribution in [0.2, 0.25) is 0 Å². The maximum Gasteiger partial charge on any atom is 0.252 e. The molecule has 9 aromatic carbocycles. The molecule has 0 radical (unpaired) electrons. The fraction of sp³-hybridized carbons (Fsp3) is 0.242. The minimum Gasteiger partial charge on any atom is -0.311 e. The zero-order valence-electron chi connectivity index (χ0n) is 43.5. The molecule has 4 nitrogen and oxygen atoms in total. The lowest BCUT2D eigenvalue weighted by Gasteiger charge is -2.45. The largest absolute Gasteiger partial charge is 0.311 e. The molecule has 1 aromatic heterocycles. The van der Waals surface area contributed by atoms with Gasteiger partial charge in [-0.05, 0) is 182 Å². The summed E-state index contributed by atoms with van der Waals surface area (Å²) in [6.07, 6.45) is 3.55. The van der Waals surface area contributed by atoms with Gasteiger partial charge >= 0.3 is 0 Å². The standard InChI is InChI=1S/C66H63BN4/c1-63(2,3)49-33-50(64(4,5)6)36-53(35-49)70-58-29-46-25-42-19-15-13-17-40(42)23-44(46)27-55(58)67-56-28-45-24-41-18-14-16-20-43(41)26-47(45)30-59(56)71(54-37-51(65(7,8)9)34-52(38-54)66(10,11)12)61-32-48(31-60(70)62(61)67)57-21-22-68-39-69-57/h13-39H,1-12H3. The fourth-order valence-corrected chi connectivity index (χ4v) is 11.3. The van der Waals surface area contributed by atoms with Crippen LogP contribution in [0.5, 0.6) is 0 Å². The summed E-state index contributed by atoms with van der Waals surface area (Å²) >= 11 is 0. The molecule has 0 saturated heterocycles. The van der Waals surface area contributed by atoms with Gasteiger partial charge in [0.05, 0.1) is 5.69 Å². The molecule has 0 saturated carbocycles. The molecule has 3 heterocycles. The van der Waals surface area contributed by atoms with Crippen LogP contribution < -0.4 is 26.2 Å². The van der Waals surface area contributed by atoms with Crippen molar-refractivity contribution in [1.29, 1.82) is 0 Å². The first-order valence-corrected chi connectivity index (χ1v) is 25.5. The lowest BCUT2D eigenvalue weighted by atomic mass is 9.33. The highest BCUT2D eigenvalue weighted by atomic mass is 15.2. The average Bonchev–Trinajstić information content (AvgIpc) is 3.32. The summed E-state index contributed by atoms with van der Waals surface area (Å²) in [6.45, 7) is 28.0. The summed E-state index contributed by atoms with van der Waals surface area (Å²) in [4.78, 5) is 14.6. The number of benzene rings is 9. The van der Waals surface area contributed by atoms with E-state index in [2.05, 4.69) is 250 Å². The third kappa shape index (κ3) is 7.59. The topological polar surface area (TPSA) is 32.3 Å². The first-order chi connectivity index (χ1) is 33.7. The van der Waals surface area contributed by atoms with E-state index in [4.69, 9.17) is 4.98 Å². The van der Waals surface area contributed by atoms with E-state index in [9.17, 15) is 0 Å².